The SMILES string of the molecule is CCC[CH2][Sn]([CH2]CCC)([CH2]CCC)[c]1cncn1C.CCOC(=O)c1c2c([nH]c(=O)c1C#N)CCCC2.CCOC(=O)c1cc(-c2cncn2C)nc2c1CCCC2.CCOC(=O)c1cc(=O)[nH]c2c1CCCC2.CCOC(=O)c1cc(OS(=O)(=O)C(F)(F)F)nc2c1CCCC2. The molecule has 0 amide bonds. The molecule has 4 aliphatic rings. The molecule has 97 heavy (non-hydrogen) atoms. The van der Waals surface area contributed by atoms with E-state index >= 15 is 0 Å². The molecule has 22 nitrogen and oxygen atoms in total. The molecule has 6 aromatic rings. The van der Waals surface area contributed by atoms with Crippen LogP contribution >= 0.6 is 0 Å². The fourth-order valence-corrected chi connectivity index (χ4v) is 29.6. The summed E-state index contributed by atoms with van der Waals surface area (Å²) in [4.78, 5) is 93.6. The monoisotopic (exact) mass is 1480 g/mol. The van der Waals surface area contributed by atoms with Crippen molar-refractivity contribution in [2.75, 3.05) is 26.4 Å². The Morgan fingerprint density at radius 1 is 0.577 bits per heavy atom. The third kappa shape index (κ3) is 20.9. The second-order valence-electron chi connectivity index (χ2n) is 24.3. The number of aromatic nitrogens is 8. The molecule has 6 heterocycles. The van der Waals surface area contributed by atoms with Gasteiger partial charge in [-0.3, -0.25) is 14.6 Å². The van der Waals surface area contributed by atoms with E-state index in [0.717, 1.165) is 135 Å². The van der Waals surface area contributed by atoms with Gasteiger partial charge in [0, 0.05) is 42.0 Å². The van der Waals surface area contributed by atoms with E-state index in [-0.39, 0.29) is 47.4 Å². The van der Waals surface area contributed by atoms with Crippen molar-refractivity contribution >= 4 is 56.1 Å². The summed E-state index contributed by atoms with van der Waals surface area (Å²) in [5.74, 6) is -2.74. The molecule has 0 spiro atoms. The minimum atomic E-state index is -5.85. The van der Waals surface area contributed by atoms with Crippen LogP contribution in [0.3, 0.4) is 0 Å². The number of esters is 4. The maximum absolute atomic E-state index is 12.4. The Bertz CT molecular complexity index is 3930. The first kappa shape index (κ1) is 78.3. The van der Waals surface area contributed by atoms with Crippen molar-refractivity contribution in [2.24, 2.45) is 14.1 Å². The van der Waals surface area contributed by atoms with Gasteiger partial charge in [0.1, 0.15) is 11.6 Å². The summed E-state index contributed by atoms with van der Waals surface area (Å²) in [7, 11) is -1.72. The van der Waals surface area contributed by atoms with Crippen LogP contribution in [0.1, 0.15) is 230 Å². The molecule has 0 saturated heterocycles. The standard InChI is InChI=1S/C16H19N3O2.C13H14F3NO5S.C13H14N2O3.C12H15NO3.C4H5N2.3C4H9.Sn/c1-3-21-16(20)12-8-14(15-9-17-10-19(15)2)18-13-7-5-4-6-11(12)13;1-2-21-12(18)9-7-11(22-23(19,20)13(14,15)16)17-10-6-4-3-5-8(9)10;1-2-18-13(17)11-8-5-3-4-6-10(8)15-12(16)9(11)7-14;1-2-16-12(15)9-7-11(14)13-10-6-4-3-5-8(9)10;1-6-3-2-5-4-6;3*1-3-4-2;/h8-10H,3-7H2,1-2H3;7H,2-6H2,1H3;2-6H2,1H3,(H,15,16);7H,2-6H2,1H3,(H,13,14);2,4H,1H3;3*1,3-4H2,2H3;. The van der Waals surface area contributed by atoms with Crippen molar-refractivity contribution in [3.05, 3.63) is 137 Å². The predicted molar refractivity (Wildman–Crippen MR) is 363 cm³/mol. The number of aromatic amines is 2. The number of nitrogens with one attached hydrogen (secondary N) is 2. The number of fused-ring (bicyclic) bond motifs is 4. The Labute approximate surface area is 570 Å². The van der Waals surface area contributed by atoms with E-state index in [1.54, 1.807) is 37.0 Å². The topological polar surface area (TPSA) is 299 Å². The number of unbranched alkanes of at least 4 members (excludes halogenated alkanes) is 3. The maximum atomic E-state index is 12.4. The van der Waals surface area contributed by atoms with E-state index in [1.807, 2.05) is 37.0 Å². The summed E-state index contributed by atoms with van der Waals surface area (Å²) in [6.45, 7) is 14.9. The van der Waals surface area contributed by atoms with Crippen LogP contribution in [0.25, 0.3) is 11.4 Å². The van der Waals surface area contributed by atoms with Crippen LogP contribution in [0.4, 0.5) is 13.2 Å². The minimum Gasteiger partial charge on any atom is -0.462 e. The molecule has 0 bridgehead atoms. The van der Waals surface area contributed by atoms with E-state index in [2.05, 4.69) is 67.7 Å². The van der Waals surface area contributed by atoms with Gasteiger partial charge >= 0.3 is 163 Å². The molecular formula is C70H94F3N9O13SSn. The third-order valence-corrected chi connectivity index (χ3v) is 34.1. The number of carbonyl (C=O) groups is 4. The largest absolute Gasteiger partial charge is 0.534 e. The van der Waals surface area contributed by atoms with E-state index in [0.29, 0.717) is 54.9 Å². The Kier molecular flexibility index (Phi) is 30.6. The fraction of sp³-hybridized carbons (Fsp3) is 0.557. The van der Waals surface area contributed by atoms with Crippen LogP contribution in [0.5, 0.6) is 5.88 Å². The van der Waals surface area contributed by atoms with E-state index in [9.17, 15) is 50.4 Å². The first-order valence-corrected chi connectivity index (χ1v) is 43.0. The number of imidazole rings is 2. The van der Waals surface area contributed by atoms with E-state index in [4.69, 9.17) is 29.2 Å². The predicted octanol–water partition coefficient (Wildman–Crippen LogP) is 12.1. The molecule has 0 unspecified atom stereocenters. The van der Waals surface area contributed by atoms with Gasteiger partial charge in [0.05, 0.1) is 72.6 Å². The number of halogens is 3. The number of alkyl halides is 3. The Morgan fingerprint density at radius 2 is 1.02 bits per heavy atom. The molecule has 0 fully saturated rings. The molecule has 0 aromatic carbocycles. The molecule has 0 aliphatic heterocycles. The van der Waals surface area contributed by atoms with E-state index < -0.39 is 57.4 Å². The van der Waals surface area contributed by atoms with Crippen LogP contribution in [0.2, 0.25) is 13.3 Å². The zero-order chi connectivity index (χ0) is 70.9. The Balaban J connectivity index is 0.000000192. The molecule has 0 radical (unpaired) electrons. The van der Waals surface area contributed by atoms with Gasteiger partial charge in [0.2, 0.25) is 11.4 Å². The number of ether oxygens (including phenoxy) is 4. The quantitative estimate of drug-likeness (QED) is 0.0222. The normalized spacial score (nSPS) is 13.8. The summed E-state index contributed by atoms with van der Waals surface area (Å²) in [6, 6.07) is 5.88. The van der Waals surface area contributed by atoms with Gasteiger partial charge in [-0.25, -0.2) is 29.1 Å². The molecular weight excluding hydrogens is 1380 g/mol. The van der Waals surface area contributed by atoms with Crippen molar-refractivity contribution in [2.45, 2.75) is 209 Å². The van der Waals surface area contributed by atoms with Gasteiger partial charge in [-0.15, -0.1) is 0 Å². The van der Waals surface area contributed by atoms with Crippen LogP contribution in [-0.4, -0.2) is 122 Å². The van der Waals surface area contributed by atoms with Crippen LogP contribution < -0.4 is 19.0 Å². The number of hydrogen-bond acceptors (Lipinski definition) is 18. The third-order valence-electron chi connectivity index (χ3n) is 17.5. The maximum Gasteiger partial charge on any atom is 0.534 e. The second kappa shape index (κ2) is 37.9. The molecule has 0 atom stereocenters. The van der Waals surface area contributed by atoms with Crippen LogP contribution in [-0.2, 0) is 94.5 Å². The average Bonchev–Trinajstić information content (AvgIpc) is 1.56. The zero-order valence-corrected chi connectivity index (χ0v) is 61.2. The molecule has 10 rings (SSSR count). The molecule has 528 valence electrons. The minimum absolute atomic E-state index is 0.0103. The van der Waals surface area contributed by atoms with Crippen molar-refractivity contribution in [1.82, 2.24) is 39.0 Å². The number of hydrogen-bond donors (Lipinski definition) is 2. The first-order valence-electron chi connectivity index (χ1n) is 34.1. The van der Waals surface area contributed by atoms with Crippen LogP contribution in [0.15, 0.2) is 52.8 Å². The molecule has 4 aliphatic carbocycles. The van der Waals surface area contributed by atoms with Crippen LogP contribution in [0, 0.1) is 11.3 Å². The number of aryl methyl sites for hydroxylation is 6. The molecule has 2 N–H and O–H groups in total. The van der Waals surface area contributed by atoms with Gasteiger partial charge in [-0.2, -0.15) is 26.9 Å². The summed E-state index contributed by atoms with van der Waals surface area (Å²) in [6.07, 6.45) is 29.8. The number of rotatable bonds is 21. The molecule has 27 heteroatoms. The van der Waals surface area contributed by atoms with Gasteiger partial charge in [-0.1, -0.05) is 0 Å². The first-order chi connectivity index (χ1) is 46.5. The fourth-order valence-electron chi connectivity index (χ4n) is 12.7. The Morgan fingerprint density at radius 3 is 1.49 bits per heavy atom. The van der Waals surface area contributed by atoms with Gasteiger partial charge < -0.3 is 37.7 Å². The van der Waals surface area contributed by atoms with Crippen molar-refractivity contribution < 1.29 is 63.9 Å². The van der Waals surface area contributed by atoms with Gasteiger partial charge in [0.15, 0.2) is 0 Å². The van der Waals surface area contributed by atoms with Gasteiger partial charge in [0.25, 0.3) is 5.56 Å². The van der Waals surface area contributed by atoms with Gasteiger partial charge in [-0.05, 0) is 159 Å². The Hall–Kier alpha value is -7.67. The summed E-state index contributed by atoms with van der Waals surface area (Å²) >= 11 is -2.19. The van der Waals surface area contributed by atoms with Crippen molar-refractivity contribution in [3.8, 4) is 23.3 Å². The number of pyridine rings is 4. The van der Waals surface area contributed by atoms with E-state index in [1.165, 1.54) is 57.9 Å². The number of H-pyrrole nitrogens is 2. The number of nitrogens with zero attached hydrogens (tertiary/aromatic N) is 7. The average molecular weight is 1480 g/mol. The summed E-state index contributed by atoms with van der Waals surface area (Å²) in [5.41, 5.74) is 2.96. The summed E-state index contributed by atoms with van der Waals surface area (Å²) in [5, 5.41) is 9.04. The zero-order valence-electron chi connectivity index (χ0n) is 57.5. The van der Waals surface area contributed by atoms with Crippen molar-refractivity contribution in [1.29, 1.82) is 5.26 Å². The smallest absolute Gasteiger partial charge is 0.462 e. The summed E-state index contributed by atoms with van der Waals surface area (Å²) < 4.78 is 93.9. The molecule has 6 aromatic heterocycles. The van der Waals surface area contributed by atoms with Crippen molar-refractivity contribution in [3.63, 3.8) is 0 Å². The number of nitriles is 1. The number of carbonyl (C=O) groups excluding carboxylic acids is 4. The second-order valence-corrected chi connectivity index (χ2v) is 38.8. The molecule has 0 saturated carbocycles.